The second kappa shape index (κ2) is 7.53. The number of hydrogen-bond donors (Lipinski definition) is 0. The first-order valence-corrected chi connectivity index (χ1v) is 8.39. The third-order valence-electron chi connectivity index (χ3n) is 4.70. The summed E-state index contributed by atoms with van der Waals surface area (Å²) in [5.74, 6) is 0.989. The second-order valence-electron chi connectivity index (χ2n) is 6.30. The first-order chi connectivity index (χ1) is 11.6. The minimum Gasteiger partial charge on any atom is -0.356 e. The van der Waals surface area contributed by atoms with E-state index in [4.69, 9.17) is 0 Å². The highest BCUT2D eigenvalue weighted by atomic mass is 16.1. The van der Waals surface area contributed by atoms with Gasteiger partial charge in [-0.25, -0.2) is 19.7 Å². The number of aryl methyl sites for hydroxylation is 1. The van der Waals surface area contributed by atoms with Crippen molar-refractivity contribution in [1.82, 2.24) is 24.4 Å². The first-order valence-electron chi connectivity index (χ1n) is 8.39. The van der Waals surface area contributed by atoms with Crippen molar-refractivity contribution >= 4 is 5.82 Å². The Morgan fingerprint density at radius 3 is 2.71 bits per heavy atom. The van der Waals surface area contributed by atoms with Gasteiger partial charge in [-0.3, -0.25) is 4.57 Å². The molecule has 1 fully saturated rings. The molecule has 128 valence electrons. The fraction of sp³-hybridized carbons (Fsp3) is 0.529. The lowest BCUT2D eigenvalue weighted by Crippen LogP contribution is -2.45. The number of aromatic nitrogens is 4. The summed E-state index contributed by atoms with van der Waals surface area (Å²) in [5.41, 5.74) is 0.817. The average molecular weight is 328 g/mol. The molecular formula is C17H24N6O. The normalized spacial score (nSPS) is 16.2. The van der Waals surface area contributed by atoms with Crippen molar-refractivity contribution in [3.05, 3.63) is 47.0 Å². The van der Waals surface area contributed by atoms with Crippen LogP contribution in [0.4, 0.5) is 5.82 Å². The molecule has 1 saturated heterocycles. The molecule has 0 radical (unpaired) electrons. The van der Waals surface area contributed by atoms with Crippen LogP contribution < -0.4 is 10.6 Å². The summed E-state index contributed by atoms with van der Waals surface area (Å²) in [5, 5.41) is 0. The molecule has 0 spiro atoms. The molecule has 0 aromatic carbocycles. The molecular weight excluding hydrogens is 304 g/mol. The second-order valence-corrected chi connectivity index (χ2v) is 6.30. The van der Waals surface area contributed by atoms with E-state index in [1.807, 2.05) is 13.0 Å². The van der Waals surface area contributed by atoms with E-state index in [9.17, 15) is 4.79 Å². The molecule has 7 heteroatoms. The van der Waals surface area contributed by atoms with Gasteiger partial charge in [0.2, 0.25) is 0 Å². The lowest BCUT2D eigenvalue weighted by atomic mass is 10.0. The van der Waals surface area contributed by atoms with Crippen LogP contribution in [0.5, 0.6) is 0 Å². The van der Waals surface area contributed by atoms with E-state index >= 15 is 0 Å². The number of likely N-dealkylation sites (tertiary alicyclic amines) is 1. The standard InChI is InChI=1S/C17H24N6O/c1-14-12-16(20-13-19-14)21(2)15-4-8-22(9-5-15)10-11-23-7-3-6-18-17(23)24/h3,6-7,12-13,15H,4-5,8-11H2,1-2H3. The quantitative estimate of drug-likeness (QED) is 0.814. The minimum atomic E-state index is -0.175. The molecule has 0 saturated carbocycles. The fourth-order valence-corrected chi connectivity index (χ4v) is 3.16. The van der Waals surface area contributed by atoms with Crippen molar-refractivity contribution in [1.29, 1.82) is 0 Å². The SMILES string of the molecule is Cc1cc(N(C)C2CCN(CCn3cccnc3=O)CC2)ncn1. The van der Waals surface area contributed by atoms with Crippen LogP contribution in [0.1, 0.15) is 18.5 Å². The maximum atomic E-state index is 11.6. The Bertz CT molecular complexity index is 723. The van der Waals surface area contributed by atoms with Crippen LogP contribution in [0.15, 0.2) is 35.6 Å². The summed E-state index contributed by atoms with van der Waals surface area (Å²) >= 11 is 0. The van der Waals surface area contributed by atoms with Gasteiger partial charge in [-0.15, -0.1) is 0 Å². The van der Waals surface area contributed by atoms with E-state index in [0.29, 0.717) is 12.6 Å². The Morgan fingerprint density at radius 2 is 2.00 bits per heavy atom. The van der Waals surface area contributed by atoms with Crippen LogP contribution in [-0.2, 0) is 6.54 Å². The Labute approximate surface area is 142 Å². The number of piperidine rings is 1. The first kappa shape index (κ1) is 16.6. The van der Waals surface area contributed by atoms with Gasteiger partial charge in [0, 0.05) is 63.4 Å². The zero-order chi connectivity index (χ0) is 16.9. The van der Waals surface area contributed by atoms with Gasteiger partial charge in [0.15, 0.2) is 0 Å². The van der Waals surface area contributed by atoms with Crippen molar-refractivity contribution in [2.45, 2.75) is 32.4 Å². The van der Waals surface area contributed by atoms with Gasteiger partial charge in [0.25, 0.3) is 0 Å². The summed E-state index contributed by atoms with van der Waals surface area (Å²) in [7, 11) is 2.11. The third kappa shape index (κ3) is 3.97. The molecule has 0 unspecified atom stereocenters. The van der Waals surface area contributed by atoms with Gasteiger partial charge in [-0.05, 0) is 25.8 Å². The highest BCUT2D eigenvalue weighted by Gasteiger charge is 2.23. The maximum absolute atomic E-state index is 11.6. The van der Waals surface area contributed by atoms with E-state index in [2.05, 4.69) is 31.8 Å². The topological polar surface area (TPSA) is 67.2 Å². The summed E-state index contributed by atoms with van der Waals surface area (Å²) in [4.78, 5) is 28.6. The number of anilines is 1. The largest absolute Gasteiger partial charge is 0.356 e. The molecule has 1 aliphatic heterocycles. The van der Waals surface area contributed by atoms with Gasteiger partial charge in [0.05, 0.1) is 0 Å². The van der Waals surface area contributed by atoms with Crippen molar-refractivity contribution in [3.8, 4) is 0 Å². The maximum Gasteiger partial charge on any atom is 0.347 e. The van der Waals surface area contributed by atoms with E-state index < -0.39 is 0 Å². The van der Waals surface area contributed by atoms with Crippen LogP contribution in [0.25, 0.3) is 0 Å². The van der Waals surface area contributed by atoms with Crippen LogP contribution in [0.2, 0.25) is 0 Å². The molecule has 2 aromatic rings. The van der Waals surface area contributed by atoms with E-state index in [1.54, 1.807) is 23.2 Å². The molecule has 3 rings (SSSR count). The van der Waals surface area contributed by atoms with Crippen LogP contribution >= 0.6 is 0 Å². The predicted octanol–water partition coefficient (Wildman–Crippen LogP) is 0.943. The highest BCUT2D eigenvalue weighted by Crippen LogP contribution is 2.20. The minimum absolute atomic E-state index is 0.175. The molecule has 0 aliphatic carbocycles. The molecule has 24 heavy (non-hydrogen) atoms. The summed E-state index contributed by atoms with van der Waals surface area (Å²) in [6.45, 7) is 5.64. The molecule has 7 nitrogen and oxygen atoms in total. The van der Waals surface area contributed by atoms with Crippen LogP contribution in [0.3, 0.4) is 0 Å². The Morgan fingerprint density at radius 1 is 1.21 bits per heavy atom. The summed E-state index contributed by atoms with van der Waals surface area (Å²) < 4.78 is 1.67. The molecule has 0 N–H and O–H groups in total. The third-order valence-corrected chi connectivity index (χ3v) is 4.70. The summed E-state index contributed by atoms with van der Waals surface area (Å²) in [6.07, 6.45) is 7.16. The lowest BCUT2D eigenvalue weighted by Gasteiger charge is -2.37. The number of rotatable bonds is 5. The monoisotopic (exact) mass is 328 g/mol. The molecule has 0 amide bonds. The van der Waals surface area contributed by atoms with E-state index in [-0.39, 0.29) is 5.69 Å². The Hall–Kier alpha value is -2.28. The Kier molecular flexibility index (Phi) is 5.20. The van der Waals surface area contributed by atoms with Gasteiger partial charge in [-0.1, -0.05) is 0 Å². The van der Waals surface area contributed by atoms with Crippen molar-refractivity contribution in [3.63, 3.8) is 0 Å². The molecule has 3 heterocycles. The van der Waals surface area contributed by atoms with Gasteiger partial charge >= 0.3 is 5.69 Å². The van der Waals surface area contributed by atoms with Crippen molar-refractivity contribution in [2.75, 3.05) is 31.6 Å². The molecule has 0 bridgehead atoms. The zero-order valence-electron chi connectivity index (χ0n) is 14.3. The van der Waals surface area contributed by atoms with E-state index in [0.717, 1.165) is 44.0 Å². The summed E-state index contributed by atoms with van der Waals surface area (Å²) in [6, 6.07) is 4.32. The van der Waals surface area contributed by atoms with Gasteiger partial charge in [-0.2, -0.15) is 0 Å². The van der Waals surface area contributed by atoms with E-state index in [1.165, 1.54) is 6.20 Å². The predicted molar refractivity (Wildman–Crippen MR) is 93.1 cm³/mol. The van der Waals surface area contributed by atoms with Gasteiger partial charge < -0.3 is 9.80 Å². The number of hydrogen-bond acceptors (Lipinski definition) is 6. The Balaban J connectivity index is 1.50. The molecule has 1 aliphatic rings. The van der Waals surface area contributed by atoms with Crippen molar-refractivity contribution in [2.24, 2.45) is 0 Å². The van der Waals surface area contributed by atoms with Crippen molar-refractivity contribution < 1.29 is 0 Å². The highest BCUT2D eigenvalue weighted by molar-refractivity contribution is 5.39. The van der Waals surface area contributed by atoms with Crippen LogP contribution in [0, 0.1) is 6.92 Å². The van der Waals surface area contributed by atoms with Gasteiger partial charge in [0.1, 0.15) is 12.1 Å². The zero-order valence-corrected chi connectivity index (χ0v) is 14.3. The molecule has 0 atom stereocenters. The number of nitrogens with zero attached hydrogens (tertiary/aromatic N) is 6. The smallest absolute Gasteiger partial charge is 0.347 e. The average Bonchev–Trinajstić information content (AvgIpc) is 2.61. The fourth-order valence-electron chi connectivity index (χ4n) is 3.16. The lowest BCUT2D eigenvalue weighted by molar-refractivity contribution is 0.203. The van der Waals surface area contributed by atoms with Crippen LogP contribution in [-0.4, -0.2) is 57.1 Å². The molecule has 2 aromatic heterocycles.